The van der Waals surface area contributed by atoms with Gasteiger partial charge in [0.1, 0.15) is 0 Å². The van der Waals surface area contributed by atoms with Crippen LogP contribution in [0.5, 0.6) is 0 Å². The summed E-state index contributed by atoms with van der Waals surface area (Å²) in [6, 6.07) is 9.89. The van der Waals surface area contributed by atoms with Crippen LogP contribution < -0.4 is 5.32 Å². The molecule has 0 spiro atoms. The fourth-order valence-electron chi connectivity index (χ4n) is 2.92. The molecule has 0 radical (unpaired) electrons. The molecule has 120 valence electrons. The van der Waals surface area contributed by atoms with E-state index in [1.165, 1.54) is 11.1 Å². The van der Waals surface area contributed by atoms with E-state index in [-0.39, 0.29) is 11.9 Å². The van der Waals surface area contributed by atoms with Gasteiger partial charge in [0.25, 0.3) is 5.91 Å². The van der Waals surface area contributed by atoms with E-state index in [0.717, 1.165) is 12.0 Å². The summed E-state index contributed by atoms with van der Waals surface area (Å²) in [5.41, 5.74) is 4.26. The Morgan fingerprint density at radius 3 is 2.70 bits per heavy atom. The van der Waals surface area contributed by atoms with Gasteiger partial charge in [0.2, 0.25) is 0 Å². The highest BCUT2D eigenvalue weighted by molar-refractivity contribution is 5.94. The van der Waals surface area contributed by atoms with E-state index < -0.39 is 0 Å². The quantitative estimate of drug-likeness (QED) is 0.944. The van der Waals surface area contributed by atoms with E-state index in [2.05, 4.69) is 10.3 Å². The molecular weight excluding hydrogens is 288 g/mol. The number of hydrogen-bond donors (Lipinski definition) is 1. The molecule has 0 aliphatic carbocycles. The number of ether oxygens (including phenoxy) is 1. The first-order valence-corrected chi connectivity index (χ1v) is 7.98. The minimum atomic E-state index is -0.0247. The largest absolute Gasteiger partial charge is 0.379 e. The average Bonchev–Trinajstić information content (AvgIpc) is 2.98. The van der Waals surface area contributed by atoms with Gasteiger partial charge in [0.15, 0.2) is 0 Å². The maximum Gasteiger partial charge on any atom is 0.251 e. The summed E-state index contributed by atoms with van der Waals surface area (Å²) in [5, 5.41) is 3.13. The lowest BCUT2D eigenvalue weighted by molar-refractivity contribution is 0.0925. The molecular formula is C19H22N2O2. The van der Waals surface area contributed by atoms with E-state index >= 15 is 0 Å². The molecule has 1 amide bonds. The minimum absolute atomic E-state index is 0.0247. The number of amides is 1. The van der Waals surface area contributed by atoms with Gasteiger partial charge in [0, 0.05) is 23.9 Å². The molecule has 1 fully saturated rings. The summed E-state index contributed by atoms with van der Waals surface area (Å²) in [7, 11) is 0. The standard InChI is InChI=1S/C19H22N2O2/c1-13-3-4-16(9-14(13)2)19(22)21-18-12-23-11-17(18)10-15-5-7-20-8-6-15/h3-9,17-18H,10-12H2,1-2H3,(H,21,22)/t17-,18-/m1/s1. The summed E-state index contributed by atoms with van der Waals surface area (Å²) in [4.78, 5) is 16.5. The lowest BCUT2D eigenvalue weighted by Gasteiger charge is -2.19. The lowest BCUT2D eigenvalue weighted by atomic mass is 9.95. The van der Waals surface area contributed by atoms with E-state index in [0.29, 0.717) is 24.7 Å². The van der Waals surface area contributed by atoms with Crippen molar-refractivity contribution in [3.8, 4) is 0 Å². The highest BCUT2D eigenvalue weighted by Crippen LogP contribution is 2.20. The van der Waals surface area contributed by atoms with Crippen molar-refractivity contribution in [3.63, 3.8) is 0 Å². The number of nitrogens with zero attached hydrogens (tertiary/aromatic N) is 1. The SMILES string of the molecule is Cc1ccc(C(=O)N[C@@H]2COC[C@H]2Cc2ccncc2)cc1C. The maximum atomic E-state index is 12.5. The Balaban J connectivity index is 1.66. The van der Waals surface area contributed by atoms with Crippen molar-refractivity contribution in [1.82, 2.24) is 10.3 Å². The van der Waals surface area contributed by atoms with Gasteiger partial charge in [0.05, 0.1) is 19.3 Å². The van der Waals surface area contributed by atoms with Crippen LogP contribution in [0.3, 0.4) is 0 Å². The van der Waals surface area contributed by atoms with Gasteiger partial charge in [-0.3, -0.25) is 9.78 Å². The van der Waals surface area contributed by atoms with Crippen molar-refractivity contribution in [2.45, 2.75) is 26.3 Å². The van der Waals surface area contributed by atoms with Crippen molar-refractivity contribution >= 4 is 5.91 Å². The van der Waals surface area contributed by atoms with Gasteiger partial charge >= 0.3 is 0 Å². The Hall–Kier alpha value is -2.20. The van der Waals surface area contributed by atoms with Crippen molar-refractivity contribution in [1.29, 1.82) is 0 Å². The highest BCUT2D eigenvalue weighted by atomic mass is 16.5. The van der Waals surface area contributed by atoms with E-state index in [1.807, 2.05) is 44.2 Å². The number of aryl methyl sites for hydroxylation is 2. The molecule has 4 nitrogen and oxygen atoms in total. The van der Waals surface area contributed by atoms with Crippen LogP contribution in [0.1, 0.15) is 27.0 Å². The molecule has 23 heavy (non-hydrogen) atoms. The number of benzene rings is 1. The normalized spacial score (nSPS) is 20.4. The van der Waals surface area contributed by atoms with E-state index in [1.54, 1.807) is 12.4 Å². The van der Waals surface area contributed by atoms with E-state index in [4.69, 9.17) is 4.74 Å². The van der Waals surface area contributed by atoms with Crippen molar-refractivity contribution < 1.29 is 9.53 Å². The molecule has 4 heteroatoms. The van der Waals surface area contributed by atoms with Crippen LogP contribution in [0.2, 0.25) is 0 Å². The van der Waals surface area contributed by atoms with Gasteiger partial charge in [-0.15, -0.1) is 0 Å². The third-order valence-electron chi connectivity index (χ3n) is 4.53. The molecule has 3 rings (SSSR count). The van der Waals surface area contributed by atoms with Crippen molar-refractivity contribution in [2.75, 3.05) is 13.2 Å². The third kappa shape index (κ3) is 3.77. The number of pyridine rings is 1. The molecule has 2 aromatic rings. The number of carbonyl (C=O) groups is 1. The summed E-state index contributed by atoms with van der Waals surface area (Å²) >= 11 is 0. The molecule has 1 aliphatic rings. The molecule has 0 unspecified atom stereocenters. The van der Waals surface area contributed by atoms with Crippen LogP contribution in [-0.4, -0.2) is 30.1 Å². The maximum absolute atomic E-state index is 12.5. The van der Waals surface area contributed by atoms with Gasteiger partial charge in [-0.2, -0.15) is 0 Å². The first kappa shape index (κ1) is 15.7. The Bertz CT molecular complexity index is 685. The zero-order valence-corrected chi connectivity index (χ0v) is 13.6. The zero-order chi connectivity index (χ0) is 16.2. The highest BCUT2D eigenvalue weighted by Gasteiger charge is 2.29. The second-order valence-electron chi connectivity index (χ2n) is 6.24. The molecule has 0 saturated carbocycles. The molecule has 1 aromatic carbocycles. The molecule has 2 atom stereocenters. The van der Waals surface area contributed by atoms with Gasteiger partial charge < -0.3 is 10.1 Å². The van der Waals surface area contributed by atoms with Crippen molar-refractivity contribution in [2.24, 2.45) is 5.92 Å². The first-order valence-electron chi connectivity index (χ1n) is 7.98. The van der Waals surface area contributed by atoms with Crippen LogP contribution in [0.4, 0.5) is 0 Å². The lowest BCUT2D eigenvalue weighted by Crippen LogP contribution is -2.40. The summed E-state index contributed by atoms with van der Waals surface area (Å²) in [6.07, 6.45) is 4.49. The minimum Gasteiger partial charge on any atom is -0.379 e. The number of aromatic nitrogens is 1. The number of carbonyl (C=O) groups excluding carboxylic acids is 1. The van der Waals surface area contributed by atoms with Gasteiger partial charge in [-0.1, -0.05) is 6.07 Å². The summed E-state index contributed by atoms with van der Waals surface area (Å²) in [5.74, 6) is 0.274. The second-order valence-corrected chi connectivity index (χ2v) is 6.24. The number of nitrogens with one attached hydrogen (secondary N) is 1. The number of rotatable bonds is 4. The Labute approximate surface area is 136 Å². The first-order chi connectivity index (χ1) is 11.1. The van der Waals surface area contributed by atoms with Crippen molar-refractivity contribution in [3.05, 3.63) is 65.0 Å². The Morgan fingerprint density at radius 2 is 1.96 bits per heavy atom. The topological polar surface area (TPSA) is 51.2 Å². The zero-order valence-electron chi connectivity index (χ0n) is 13.6. The predicted octanol–water partition coefficient (Wildman–Crippen LogP) is 2.69. The Kier molecular flexibility index (Phi) is 4.72. The number of hydrogen-bond acceptors (Lipinski definition) is 3. The molecule has 2 heterocycles. The molecule has 0 bridgehead atoms. The van der Waals surface area contributed by atoms with Crippen LogP contribution in [0.25, 0.3) is 0 Å². The van der Waals surface area contributed by atoms with Crippen LogP contribution in [0, 0.1) is 19.8 Å². The molecule has 1 N–H and O–H groups in total. The van der Waals surface area contributed by atoms with E-state index in [9.17, 15) is 4.79 Å². The van der Waals surface area contributed by atoms with Gasteiger partial charge in [-0.25, -0.2) is 0 Å². The third-order valence-corrected chi connectivity index (χ3v) is 4.53. The second kappa shape index (κ2) is 6.92. The Morgan fingerprint density at radius 1 is 1.17 bits per heavy atom. The van der Waals surface area contributed by atoms with Crippen LogP contribution in [-0.2, 0) is 11.2 Å². The smallest absolute Gasteiger partial charge is 0.251 e. The average molecular weight is 310 g/mol. The molecule has 1 saturated heterocycles. The fourth-order valence-corrected chi connectivity index (χ4v) is 2.92. The molecule has 1 aromatic heterocycles. The fraction of sp³-hybridized carbons (Fsp3) is 0.368. The van der Waals surface area contributed by atoms with Crippen LogP contribution in [0.15, 0.2) is 42.7 Å². The summed E-state index contributed by atoms with van der Waals surface area (Å²) < 4.78 is 5.59. The monoisotopic (exact) mass is 310 g/mol. The predicted molar refractivity (Wildman–Crippen MR) is 89.4 cm³/mol. The van der Waals surface area contributed by atoms with Gasteiger partial charge in [-0.05, 0) is 61.2 Å². The molecule has 1 aliphatic heterocycles. The van der Waals surface area contributed by atoms with Crippen LogP contribution >= 0.6 is 0 Å². The summed E-state index contributed by atoms with van der Waals surface area (Å²) in [6.45, 7) is 5.33.